The topological polar surface area (TPSA) is 29.1 Å². The molecule has 2 rings (SSSR count). The van der Waals surface area contributed by atoms with Gasteiger partial charge in [0, 0.05) is 6.42 Å². The smallest absolute Gasteiger partial charge is 0.224 e. The summed E-state index contributed by atoms with van der Waals surface area (Å²) >= 11 is 6.03. The van der Waals surface area contributed by atoms with Gasteiger partial charge in [-0.25, -0.2) is 0 Å². The van der Waals surface area contributed by atoms with Crippen LogP contribution in [0.3, 0.4) is 0 Å². The summed E-state index contributed by atoms with van der Waals surface area (Å²) in [6.07, 6.45) is 1.17. The highest BCUT2D eigenvalue weighted by molar-refractivity contribution is 6.33. The molecule has 0 fully saturated rings. The number of benzene rings is 2. The monoisotopic (exact) mass is 315 g/mol. The zero-order valence-corrected chi connectivity index (χ0v) is 14.1. The van der Waals surface area contributed by atoms with Gasteiger partial charge in [0.05, 0.1) is 10.7 Å². The second-order valence-electron chi connectivity index (χ2n) is 6.47. The van der Waals surface area contributed by atoms with Crippen molar-refractivity contribution in [1.29, 1.82) is 0 Å². The Balaban J connectivity index is 1.90. The van der Waals surface area contributed by atoms with Crippen molar-refractivity contribution in [2.45, 2.75) is 39.0 Å². The van der Waals surface area contributed by atoms with Crippen LogP contribution < -0.4 is 5.32 Å². The summed E-state index contributed by atoms with van der Waals surface area (Å²) in [7, 11) is 0. The molecule has 0 saturated carbocycles. The summed E-state index contributed by atoms with van der Waals surface area (Å²) in [4.78, 5) is 12.0. The third kappa shape index (κ3) is 4.60. The van der Waals surface area contributed by atoms with E-state index in [2.05, 4.69) is 50.4 Å². The highest BCUT2D eigenvalue weighted by atomic mass is 35.5. The Morgan fingerprint density at radius 1 is 1.05 bits per heavy atom. The van der Waals surface area contributed by atoms with Gasteiger partial charge >= 0.3 is 0 Å². The van der Waals surface area contributed by atoms with E-state index < -0.39 is 0 Å². The molecule has 1 amide bonds. The van der Waals surface area contributed by atoms with Crippen LogP contribution in [0, 0.1) is 0 Å². The minimum Gasteiger partial charge on any atom is -0.325 e. The fourth-order valence-electron chi connectivity index (χ4n) is 2.20. The summed E-state index contributed by atoms with van der Waals surface area (Å²) in [6.45, 7) is 6.58. The number of hydrogen-bond acceptors (Lipinski definition) is 1. The van der Waals surface area contributed by atoms with Gasteiger partial charge in [0.25, 0.3) is 0 Å². The van der Waals surface area contributed by atoms with E-state index >= 15 is 0 Å². The fourth-order valence-corrected chi connectivity index (χ4v) is 2.39. The molecule has 2 aromatic rings. The van der Waals surface area contributed by atoms with Crippen LogP contribution in [0.25, 0.3) is 0 Å². The van der Waals surface area contributed by atoms with Gasteiger partial charge in [-0.3, -0.25) is 4.79 Å². The van der Waals surface area contributed by atoms with Gasteiger partial charge in [-0.15, -0.1) is 0 Å². The van der Waals surface area contributed by atoms with Crippen molar-refractivity contribution in [3.63, 3.8) is 0 Å². The van der Waals surface area contributed by atoms with Gasteiger partial charge in [0.1, 0.15) is 0 Å². The summed E-state index contributed by atoms with van der Waals surface area (Å²) in [5.74, 6) is -0.0204. The van der Waals surface area contributed by atoms with E-state index in [0.29, 0.717) is 17.1 Å². The van der Waals surface area contributed by atoms with Crippen LogP contribution in [-0.4, -0.2) is 5.91 Å². The molecule has 0 aliphatic rings. The predicted molar refractivity (Wildman–Crippen MR) is 93.5 cm³/mol. The second-order valence-corrected chi connectivity index (χ2v) is 6.88. The first-order valence-corrected chi connectivity index (χ1v) is 7.88. The number of aryl methyl sites for hydroxylation is 1. The van der Waals surface area contributed by atoms with E-state index in [1.54, 1.807) is 12.1 Å². The molecule has 0 heterocycles. The van der Waals surface area contributed by atoms with Crippen molar-refractivity contribution in [2.24, 2.45) is 0 Å². The fraction of sp³-hybridized carbons (Fsp3) is 0.316. The molecular weight excluding hydrogens is 294 g/mol. The van der Waals surface area contributed by atoms with Crippen LogP contribution in [0.1, 0.15) is 38.3 Å². The molecule has 3 heteroatoms. The zero-order chi connectivity index (χ0) is 16.2. The van der Waals surface area contributed by atoms with Crippen molar-refractivity contribution in [3.8, 4) is 0 Å². The molecule has 0 aromatic heterocycles. The van der Waals surface area contributed by atoms with E-state index in [0.717, 1.165) is 6.42 Å². The van der Waals surface area contributed by atoms with Gasteiger partial charge < -0.3 is 5.32 Å². The molecule has 0 radical (unpaired) electrons. The van der Waals surface area contributed by atoms with Crippen molar-refractivity contribution < 1.29 is 4.79 Å². The van der Waals surface area contributed by atoms with Gasteiger partial charge in [0.15, 0.2) is 0 Å². The van der Waals surface area contributed by atoms with E-state index in [1.165, 1.54) is 11.1 Å². The van der Waals surface area contributed by atoms with E-state index in [-0.39, 0.29) is 11.3 Å². The van der Waals surface area contributed by atoms with Crippen LogP contribution in [-0.2, 0) is 16.6 Å². The maximum Gasteiger partial charge on any atom is 0.224 e. The lowest BCUT2D eigenvalue weighted by molar-refractivity contribution is -0.116. The Kier molecular flexibility index (Phi) is 5.25. The number of carbonyl (C=O) groups excluding carboxylic acids is 1. The Bertz CT molecular complexity index is 641. The van der Waals surface area contributed by atoms with Crippen molar-refractivity contribution in [3.05, 3.63) is 64.7 Å². The Morgan fingerprint density at radius 3 is 2.27 bits per heavy atom. The molecule has 0 atom stereocenters. The number of rotatable bonds is 4. The van der Waals surface area contributed by atoms with Gasteiger partial charge in [-0.2, -0.15) is 0 Å². The summed E-state index contributed by atoms with van der Waals surface area (Å²) in [6, 6.07) is 15.7. The maximum atomic E-state index is 12.0. The lowest BCUT2D eigenvalue weighted by Crippen LogP contribution is -2.13. The van der Waals surface area contributed by atoms with Crippen LogP contribution >= 0.6 is 11.6 Å². The molecule has 2 aromatic carbocycles. The maximum absolute atomic E-state index is 12.0. The normalized spacial score (nSPS) is 11.3. The predicted octanol–water partition coefficient (Wildman–Crippen LogP) is 5.21. The first-order chi connectivity index (χ1) is 10.4. The molecule has 116 valence electrons. The average molecular weight is 316 g/mol. The van der Waals surface area contributed by atoms with Crippen molar-refractivity contribution in [1.82, 2.24) is 0 Å². The number of anilines is 1. The highest BCUT2D eigenvalue weighted by Crippen LogP contribution is 2.23. The molecular formula is C19H22ClNO. The molecule has 1 N–H and O–H groups in total. The summed E-state index contributed by atoms with van der Waals surface area (Å²) in [5.41, 5.74) is 3.29. The second kappa shape index (κ2) is 6.97. The first-order valence-electron chi connectivity index (χ1n) is 7.50. The number of amides is 1. The van der Waals surface area contributed by atoms with E-state index in [9.17, 15) is 4.79 Å². The van der Waals surface area contributed by atoms with Crippen LogP contribution in [0.5, 0.6) is 0 Å². The lowest BCUT2D eigenvalue weighted by atomic mass is 9.86. The Hall–Kier alpha value is -1.80. The molecule has 2 nitrogen and oxygen atoms in total. The molecule has 22 heavy (non-hydrogen) atoms. The number of hydrogen-bond donors (Lipinski definition) is 1. The van der Waals surface area contributed by atoms with Gasteiger partial charge in [0.2, 0.25) is 5.91 Å². The summed E-state index contributed by atoms with van der Waals surface area (Å²) < 4.78 is 0. The third-order valence-electron chi connectivity index (χ3n) is 3.61. The average Bonchev–Trinajstić information content (AvgIpc) is 2.47. The molecule has 0 bridgehead atoms. The van der Waals surface area contributed by atoms with Crippen molar-refractivity contribution >= 4 is 23.2 Å². The summed E-state index contributed by atoms with van der Waals surface area (Å²) in [5, 5.41) is 3.41. The number of nitrogens with one attached hydrogen (secondary N) is 1. The van der Waals surface area contributed by atoms with Crippen LogP contribution in [0.2, 0.25) is 5.02 Å². The van der Waals surface area contributed by atoms with E-state index in [4.69, 9.17) is 11.6 Å². The third-order valence-corrected chi connectivity index (χ3v) is 3.94. The Labute approximate surface area is 137 Å². The number of halogens is 1. The Morgan fingerprint density at radius 2 is 1.68 bits per heavy atom. The largest absolute Gasteiger partial charge is 0.325 e. The highest BCUT2D eigenvalue weighted by Gasteiger charge is 2.13. The molecule has 0 saturated heterocycles. The van der Waals surface area contributed by atoms with Crippen LogP contribution in [0.15, 0.2) is 48.5 Å². The SMILES string of the molecule is CC(C)(C)c1ccc(CCC(=O)Nc2ccccc2Cl)cc1. The first kappa shape index (κ1) is 16.6. The molecule has 0 aliphatic carbocycles. The quantitative estimate of drug-likeness (QED) is 0.824. The molecule has 0 spiro atoms. The van der Waals surface area contributed by atoms with Crippen molar-refractivity contribution in [2.75, 3.05) is 5.32 Å². The van der Waals surface area contributed by atoms with Gasteiger partial charge in [-0.05, 0) is 35.1 Å². The zero-order valence-electron chi connectivity index (χ0n) is 13.3. The number of para-hydroxylation sites is 1. The minimum absolute atomic E-state index is 0.0204. The minimum atomic E-state index is -0.0204. The van der Waals surface area contributed by atoms with Gasteiger partial charge in [-0.1, -0.05) is 68.8 Å². The lowest BCUT2D eigenvalue weighted by Gasteiger charge is -2.19. The molecule has 0 aliphatic heterocycles. The number of carbonyl (C=O) groups is 1. The molecule has 0 unspecified atom stereocenters. The van der Waals surface area contributed by atoms with E-state index in [1.807, 2.05) is 12.1 Å². The standard InChI is InChI=1S/C19H22ClNO/c1-19(2,3)15-11-8-14(9-12-15)10-13-18(22)21-17-7-5-4-6-16(17)20/h4-9,11-12H,10,13H2,1-3H3,(H,21,22). The van der Waals surface area contributed by atoms with Crippen LogP contribution in [0.4, 0.5) is 5.69 Å².